The van der Waals surface area contributed by atoms with E-state index in [-0.39, 0.29) is 5.78 Å². The first kappa shape index (κ1) is 18.3. The molecule has 5 heteroatoms. The Labute approximate surface area is 165 Å². The molecule has 5 nitrogen and oxygen atoms in total. The van der Waals surface area contributed by atoms with Crippen LogP contribution in [-0.2, 0) is 6.54 Å². The van der Waals surface area contributed by atoms with Crippen LogP contribution in [0.5, 0.6) is 0 Å². The Kier molecular flexibility index (Phi) is 5.41. The van der Waals surface area contributed by atoms with Gasteiger partial charge in [0, 0.05) is 61.1 Å². The molecule has 3 aromatic rings. The maximum atomic E-state index is 13.0. The van der Waals surface area contributed by atoms with Crippen LogP contribution in [0.15, 0.2) is 60.8 Å². The van der Waals surface area contributed by atoms with Crippen molar-refractivity contribution in [1.29, 1.82) is 5.26 Å². The van der Waals surface area contributed by atoms with Crippen LogP contribution in [0.1, 0.15) is 16.8 Å². The molecular formula is C23H24N4O. The summed E-state index contributed by atoms with van der Waals surface area (Å²) in [6.07, 6.45) is 2.36. The minimum atomic E-state index is 0.153. The van der Waals surface area contributed by atoms with Gasteiger partial charge >= 0.3 is 0 Å². The van der Waals surface area contributed by atoms with E-state index in [1.165, 1.54) is 5.69 Å². The van der Waals surface area contributed by atoms with E-state index in [1.807, 2.05) is 41.1 Å². The van der Waals surface area contributed by atoms with Crippen molar-refractivity contribution in [2.75, 3.05) is 37.6 Å². The summed E-state index contributed by atoms with van der Waals surface area (Å²) in [4.78, 5) is 17.6. The van der Waals surface area contributed by atoms with E-state index in [0.717, 1.165) is 42.6 Å². The molecule has 1 saturated heterocycles. The number of rotatable bonds is 6. The van der Waals surface area contributed by atoms with Crippen molar-refractivity contribution in [1.82, 2.24) is 9.47 Å². The van der Waals surface area contributed by atoms with E-state index in [2.05, 4.69) is 40.1 Å². The lowest BCUT2D eigenvalue weighted by atomic mass is 10.1. The number of anilines is 1. The summed E-state index contributed by atoms with van der Waals surface area (Å²) in [5.74, 6) is 0.153. The number of nitriles is 1. The van der Waals surface area contributed by atoms with Crippen LogP contribution in [0.4, 0.5) is 5.69 Å². The number of para-hydroxylation sites is 2. The normalized spacial score (nSPS) is 14.9. The van der Waals surface area contributed by atoms with Crippen LogP contribution in [0.2, 0.25) is 0 Å². The molecule has 2 aromatic carbocycles. The summed E-state index contributed by atoms with van der Waals surface area (Å²) in [7, 11) is 0. The molecule has 0 atom stereocenters. The number of ketones is 1. The second-order valence-corrected chi connectivity index (χ2v) is 7.18. The number of aromatic nitrogens is 1. The maximum Gasteiger partial charge on any atom is 0.178 e. The lowest BCUT2D eigenvalue weighted by Crippen LogP contribution is -2.48. The molecule has 1 aliphatic heterocycles. The average molecular weight is 372 g/mol. The van der Waals surface area contributed by atoms with Gasteiger partial charge in [-0.05, 0) is 18.2 Å². The van der Waals surface area contributed by atoms with Crippen molar-refractivity contribution in [3.63, 3.8) is 0 Å². The predicted molar refractivity (Wildman–Crippen MR) is 112 cm³/mol. The van der Waals surface area contributed by atoms with Gasteiger partial charge in [0.1, 0.15) is 0 Å². The van der Waals surface area contributed by atoms with Gasteiger partial charge in [0.25, 0.3) is 0 Å². The Morgan fingerprint density at radius 2 is 1.68 bits per heavy atom. The number of fused-ring (bicyclic) bond motifs is 1. The van der Waals surface area contributed by atoms with E-state index < -0.39 is 0 Å². The van der Waals surface area contributed by atoms with Gasteiger partial charge in [0.2, 0.25) is 0 Å². The fraction of sp³-hybridized carbons (Fsp3) is 0.304. The second-order valence-electron chi connectivity index (χ2n) is 7.18. The number of hydrogen-bond donors (Lipinski definition) is 0. The number of piperazine rings is 1. The van der Waals surface area contributed by atoms with Crippen molar-refractivity contribution in [2.45, 2.75) is 13.0 Å². The zero-order valence-corrected chi connectivity index (χ0v) is 15.9. The molecule has 0 spiro atoms. The summed E-state index contributed by atoms with van der Waals surface area (Å²) in [5, 5.41) is 9.87. The van der Waals surface area contributed by atoms with Crippen LogP contribution in [0.25, 0.3) is 10.9 Å². The van der Waals surface area contributed by atoms with E-state index in [9.17, 15) is 4.79 Å². The molecule has 1 aliphatic rings. The highest BCUT2D eigenvalue weighted by Gasteiger charge is 2.21. The van der Waals surface area contributed by atoms with Gasteiger partial charge in [-0.1, -0.05) is 36.4 Å². The largest absolute Gasteiger partial charge is 0.369 e. The number of Topliss-reactive ketones (excluding diaryl/α,β-unsaturated/α-hetero) is 1. The zero-order valence-electron chi connectivity index (χ0n) is 15.9. The van der Waals surface area contributed by atoms with Gasteiger partial charge in [0.05, 0.1) is 19.0 Å². The minimum Gasteiger partial charge on any atom is -0.369 e. The molecular weight excluding hydrogens is 348 g/mol. The first-order valence-electron chi connectivity index (χ1n) is 9.76. The lowest BCUT2D eigenvalue weighted by molar-refractivity contribution is 0.0928. The molecule has 4 rings (SSSR count). The summed E-state index contributed by atoms with van der Waals surface area (Å²) < 4.78 is 2.03. The molecule has 2 heterocycles. The number of nitrogens with zero attached hydrogens (tertiary/aromatic N) is 4. The van der Waals surface area contributed by atoms with E-state index in [0.29, 0.717) is 19.5 Å². The quantitative estimate of drug-likeness (QED) is 0.621. The smallest absolute Gasteiger partial charge is 0.178 e. The monoisotopic (exact) mass is 372 g/mol. The van der Waals surface area contributed by atoms with Crippen molar-refractivity contribution in [2.24, 2.45) is 0 Å². The Morgan fingerprint density at radius 1 is 0.964 bits per heavy atom. The van der Waals surface area contributed by atoms with Crippen LogP contribution >= 0.6 is 0 Å². The fourth-order valence-electron chi connectivity index (χ4n) is 3.92. The molecule has 1 aromatic heterocycles. The molecule has 0 bridgehead atoms. The molecule has 0 aliphatic carbocycles. The van der Waals surface area contributed by atoms with Gasteiger partial charge in [0.15, 0.2) is 5.78 Å². The van der Waals surface area contributed by atoms with Crippen molar-refractivity contribution >= 4 is 22.4 Å². The molecule has 0 radical (unpaired) electrons. The van der Waals surface area contributed by atoms with Crippen LogP contribution in [-0.4, -0.2) is 48.0 Å². The minimum absolute atomic E-state index is 0.153. The highest BCUT2D eigenvalue weighted by Crippen LogP contribution is 2.23. The number of hydrogen-bond acceptors (Lipinski definition) is 4. The summed E-state index contributed by atoms with van der Waals surface area (Å²) in [6.45, 7) is 4.68. The number of benzene rings is 2. The van der Waals surface area contributed by atoms with Gasteiger partial charge in [-0.3, -0.25) is 9.69 Å². The second kappa shape index (κ2) is 8.28. The third-order valence-electron chi connectivity index (χ3n) is 5.41. The molecule has 28 heavy (non-hydrogen) atoms. The highest BCUT2D eigenvalue weighted by molar-refractivity contribution is 6.09. The molecule has 0 amide bonds. The van der Waals surface area contributed by atoms with Gasteiger partial charge in [-0.2, -0.15) is 5.26 Å². The van der Waals surface area contributed by atoms with Crippen LogP contribution in [0, 0.1) is 11.3 Å². The SMILES string of the molecule is N#CCCn1cc(C(=O)CN2CCN(c3ccccc3)CC2)c2ccccc21. The topological polar surface area (TPSA) is 52.3 Å². The standard InChI is InChI=1S/C23H24N4O/c24-11-6-12-27-17-21(20-9-4-5-10-22(20)27)23(28)18-25-13-15-26(16-14-25)19-7-2-1-3-8-19/h1-5,7-10,17H,6,12-16,18H2. The van der Waals surface area contributed by atoms with E-state index in [1.54, 1.807) is 0 Å². The number of carbonyl (C=O) groups excluding carboxylic acids is 1. The Balaban J connectivity index is 1.44. The molecule has 0 unspecified atom stereocenters. The summed E-state index contributed by atoms with van der Waals surface area (Å²) >= 11 is 0. The first-order chi connectivity index (χ1) is 13.8. The highest BCUT2D eigenvalue weighted by atomic mass is 16.1. The molecule has 0 N–H and O–H groups in total. The van der Waals surface area contributed by atoms with Crippen molar-refractivity contribution < 1.29 is 4.79 Å². The summed E-state index contributed by atoms with van der Waals surface area (Å²) in [6, 6.07) is 20.6. The average Bonchev–Trinajstić information content (AvgIpc) is 3.12. The van der Waals surface area contributed by atoms with Gasteiger partial charge in [-0.25, -0.2) is 0 Å². The third kappa shape index (κ3) is 3.78. The Morgan fingerprint density at radius 3 is 2.43 bits per heavy atom. The van der Waals surface area contributed by atoms with Crippen LogP contribution < -0.4 is 4.90 Å². The lowest BCUT2D eigenvalue weighted by Gasteiger charge is -2.35. The summed E-state index contributed by atoms with van der Waals surface area (Å²) in [5.41, 5.74) is 3.03. The van der Waals surface area contributed by atoms with E-state index in [4.69, 9.17) is 5.26 Å². The van der Waals surface area contributed by atoms with Gasteiger partial charge < -0.3 is 9.47 Å². The van der Waals surface area contributed by atoms with Crippen molar-refractivity contribution in [3.05, 3.63) is 66.4 Å². The van der Waals surface area contributed by atoms with Crippen molar-refractivity contribution in [3.8, 4) is 6.07 Å². The molecule has 142 valence electrons. The zero-order chi connectivity index (χ0) is 19.3. The van der Waals surface area contributed by atoms with Crippen LogP contribution in [0.3, 0.4) is 0 Å². The molecule has 1 fully saturated rings. The predicted octanol–water partition coefficient (Wildman–Crippen LogP) is 3.56. The number of carbonyl (C=O) groups is 1. The van der Waals surface area contributed by atoms with Gasteiger partial charge in [-0.15, -0.1) is 0 Å². The third-order valence-corrected chi connectivity index (χ3v) is 5.41. The Hall–Kier alpha value is -3.10. The fourth-order valence-corrected chi connectivity index (χ4v) is 3.92. The Bertz CT molecular complexity index is 994. The first-order valence-corrected chi connectivity index (χ1v) is 9.76. The molecule has 0 saturated carbocycles. The van der Waals surface area contributed by atoms with E-state index >= 15 is 0 Å². The maximum absolute atomic E-state index is 13.0. The number of aryl methyl sites for hydroxylation is 1.